The van der Waals surface area contributed by atoms with Gasteiger partial charge in [0.05, 0.1) is 6.33 Å². The Bertz CT molecular complexity index is 587. The molecule has 7 heteroatoms. The number of aromatic nitrogens is 2. The smallest absolute Gasteiger partial charge is 0.262 e. The van der Waals surface area contributed by atoms with Crippen LogP contribution in [0.15, 0.2) is 11.4 Å². The van der Waals surface area contributed by atoms with E-state index in [9.17, 15) is 8.42 Å². The topological polar surface area (TPSA) is 81.2 Å². The molecule has 1 aromatic heterocycles. The van der Waals surface area contributed by atoms with Crippen LogP contribution in [-0.4, -0.2) is 35.4 Å². The molecule has 1 spiro atoms. The fourth-order valence-electron chi connectivity index (χ4n) is 3.88. The van der Waals surface area contributed by atoms with Gasteiger partial charge >= 0.3 is 0 Å². The highest BCUT2D eigenvalue weighted by atomic mass is 32.2. The summed E-state index contributed by atoms with van der Waals surface area (Å²) in [6, 6.07) is 0. The molecule has 2 N–H and O–H groups in total. The van der Waals surface area contributed by atoms with Crippen LogP contribution < -0.4 is 5.73 Å². The molecule has 1 aliphatic heterocycles. The molecule has 0 atom stereocenters. The van der Waals surface area contributed by atoms with E-state index >= 15 is 0 Å². The molecular weight excluding hydrogens is 288 g/mol. The normalized spacial score (nSPS) is 23.5. The monoisotopic (exact) mass is 312 g/mol. The Morgan fingerprint density at radius 2 is 1.76 bits per heavy atom. The van der Waals surface area contributed by atoms with Crippen LogP contribution in [0.1, 0.15) is 44.9 Å². The number of piperidine rings is 1. The van der Waals surface area contributed by atoms with E-state index in [2.05, 4.69) is 4.98 Å². The first-order valence-corrected chi connectivity index (χ1v) is 9.16. The molecule has 1 saturated heterocycles. The first kappa shape index (κ1) is 14.8. The Kier molecular flexibility index (Phi) is 3.73. The van der Waals surface area contributed by atoms with Gasteiger partial charge in [0.25, 0.3) is 10.0 Å². The molecule has 1 aromatic rings. The second-order valence-corrected chi connectivity index (χ2v) is 8.36. The van der Waals surface area contributed by atoms with Crippen LogP contribution in [0, 0.1) is 5.41 Å². The Hall–Kier alpha value is -1.08. The van der Waals surface area contributed by atoms with E-state index in [4.69, 9.17) is 5.73 Å². The fourth-order valence-corrected chi connectivity index (χ4v) is 5.51. The Labute approximate surface area is 126 Å². The van der Waals surface area contributed by atoms with Gasteiger partial charge in [0.15, 0.2) is 10.8 Å². The molecule has 0 bridgehead atoms. The molecule has 0 radical (unpaired) electrons. The molecule has 2 aliphatic rings. The summed E-state index contributed by atoms with van der Waals surface area (Å²) < 4.78 is 28.6. The predicted molar refractivity (Wildman–Crippen MR) is 81.1 cm³/mol. The van der Waals surface area contributed by atoms with E-state index < -0.39 is 10.0 Å². The lowest BCUT2D eigenvalue weighted by Gasteiger charge is -2.43. The number of hydrogen-bond donors (Lipinski definition) is 1. The summed E-state index contributed by atoms with van der Waals surface area (Å²) in [5.41, 5.74) is 6.12. The fraction of sp³-hybridized carbons (Fsp3) is 0.786. The van der Waals surface area contributed by atoms with Crippen LogP contribution in [0.3, 0.4) is 0 Å². The van der Waals surface area contributed by atoms with E-state index in [1.54, 1.807) is 11.4 Å². The first-order chi connectivity index (χ1) is 9.95. The van der Waals surface area contributed by atoms with Gasteiger partial charge in [0.1, 0.15) is 0 Å². The van der Waals surface area contributed by atoms with E-state index in [0.29, 0.717) is 18.5 Å². The van der Waals surface area contributed by atoms with Gasteiger partial charge in [-0.05, 0) is 31.1 Å². The standard InChI is InChI=1S/C14H24N4O2S/c1-17-11-16-12(15)13(17)21(19,20)18-9-7-14(8-10-18)5-3-2-4-6-14/h11H,2-10,15H2,1H3. The Morgan fingerprint density at radius 1 is 1.14 bits per heavy atom. The van der Waals surface area contributed by atoms with Crippen molar-refractivity contribution < 1.29 is 8.42 Å². The van der Waals surface area contributed by atoms with Gasteiger partial charge in [0.2, 0.25) is 0 Å². The average Bonchev–Trinajstić information content (AvgIpc) is 2.80. The summed E-state index contributed by atoms with van der Waals surface area (Å²) in [5, 5.41) is 0.127. The van der Waals surface area contributed by atoms with Gasteiger partial charge in [-0.1, -0.05) is 19.3 Å². The van der Waals surface area contributed by atoms with Crippen molar-refractivity contribution in [3.63, 3.8) is 0 Å². The van der Waals surface area contributed by atoms with Crippen molar-refractivity contribution in [3.05, 3.63) is 6.33 Å². The highest BCUT2D eigenvalue weighted by molar-refractivity contribution is 7.89. The van der Waals surface area contributed by atoms with Crippen molar-refractivity contribution in [2.75, 3.05) is 18.8 Å². The second-order valence-electron chi connectivity index (χ2n) is 6.51. The second kappa shape index (κ2) is 5.28. The molecule has 0 unspecified atom stereocenters. The zero-order valence-electron chi connectivity index (χ0n) is 12.6. The highest BCUT2D eigenvalue weighted by Crippen LogP contribution is 2.45. The summed E-state index contributed by atoms with van der Waals surface area (Å²) in [6.45, 7) is 1.21. The lowest BCUT2D eigenvalue weighted by Crippen LogP contribution is -2.44. The summed E-state index contributed by atoms with van der Waals surface area (Å²) in [5.74, 6) is 0.0930. The van der Waals surface area contributed by atoms with E-state index in [-0.39, 0.29) is 10.8 Å². The van der Waals surface area contributed by atoms with Crippen LogP contribution in [-0.2, 0) is 17.1 Å². The molecule has 21 heavy (non-hydrogen) atoms. The van der Waals surface area contributed by atoms with Gasteiger partial charge in [-0.25, -0.2) is 13.4 Å². The molecule has 2 heterocycles. The molecule has 0 aromatic carbocycles. The Morgan fingerprint density at radius 3 is 2.29 bits per heavy atom. The van der Waals surface area contributed by atoms with Crippen molar-refractivity contribution in [1.82, 2.24) is 13.9 Å². The van der Waals surface area contributed by atoms with Gasteiger partial charge in [-0.15, -0.1) is 0 Å². The molecule has 118 valence electrons. The average molecular weight is 312 g/mol. The maximum atomic E-state index is 12.7. The van der Waals surface area contributed by atoms with Crippen LogP contribution in [0.4, 0.5) is 5.82 Å². The molecule has 3 rings (SSSR count). The van der Waals surface area contributed by atoms with Crippen LogP contribution >= 0.6 is 0 Å². The molecule has 0 amide bonds. The Balaban J connectivity index is 1.77. The van der Waals surface area contributed by atoms with Gasteiger partial charge in [-0.3, -0.25) is 0 Å². The molecule has 6 nitrogen and oxygen atoms in total. The predicted octanol–water partition coefficient (Wildman–Crippen LogP) is 1.74. The van der Waals surface area contributed by atoms with Crippen LogP contribution in [0.25, 0.3) is 0 Å². The largest absolute Gasteiger partial charge is 0.381 e. The number of nitrogens with zero attached hydrogens (tertiary/aromatic N) is 3. The summed E-state index contributed by atoms with van der Waals surface area (Å²) in [7, 11) is -1.86. The quantitative estimate of drug-likeness (QED) is 0.902. The highest BCUT2D eigenvalue weighted by Gasteiger charge is 2.40. The van der Waals surface area contributed by atoms with Crippen LogP contribution in [0.5, 0.6) is 0 Å². The minimum atomic E-state index is -3.53. The van der Waals surface area contributed by atoms with E-state index in [1.165, 1.54) is 43.0 Å². The zero-order chi connectivity index (χ0) is 15.1. The van der Waals surface area contributed by atoms with Crippen molar-refractivity contribution in [2.24, 2.45) is 12.5 Å². The zero-order valence-corrected chi connectivity index (χ0v) is 13.4. The van der Waals surface area contributed by atoms with E-state index in [1.807, 2.05) is 0 Å². The molecule has 2 fully saturated rings. The lowest BCUT2D eigenvalue weighted by molar-refractivity contribution is 0.102. The third-order valence-corrected chi connectivity index (χ3v) is 7.22. The minimum Gasteiger partial charge on any atom is -0.381 e. The maximum Gasteiger partial charge on any atom is 0.262 e. The van der Waals surface area contributed by atoms with E-state index in [0.717, 1.165) is 12.8 Å². The summed E-state index contributed by atoms with van der Waals surface area (Å²) in [6.07, 6.45) is 9.84. The SMILES string of the molecule is Cn1cnc(N)c1S(=O)(=O)N1CCC2(CCCCC2)CC1. The number of hydrogen-bond acceptors (Lipinski definition) is 4. The number of imidazole rings is 1. The third kappa shape index (κ3) is 2.57. The number of rotatable bonds is 2. The van der Waals surface area contributed by atoms with Gasteiger partial charge < -0.3 is 10.3 Å². The molecular formula is C14H24N4O2S. The van der Waals surface area contributed by atoms with Crippen LogP contribution in [0.2, 0.25) is 0 Å². The third-order valence-electron chi connectivity index (χ3n) is 5.19. The molecule has 1 saturated carbocycles. The van der Waals surface area contributed by atoms with Crippen molar-refractivity contribution >= 4 is 15.8 Å². The summed E-state index contributed by atoms with van der Waals surface area (Å²) in [4.78, 5) is 3.90. The number of sulfonamides is 1. The van der Waals surface area contributed by atoms with Gasteiger partial charge in [-0.2, -0.15) is 4.31 Å². The maximum absolute atomic E-state index is 12.7. The first-order valence-electron chi connectivity index (χ1n) is 7.72. The van der Waals surface area contributed by atoms with Crippen molar-refractivity contribution in [1.29, 1.82) is 0 Å². The van der Waals surface area contributed by atoms with Crippen molar-refractivity contribution in [2.45, 2.75) is 50.0 Å². The number of anilines is 1. The number of nitrogens with two attached hydrogens (primary N) is 1. The number of aryl methyl sites for hydroxylation is 1. The van der Waals surface area contributed by atoms with Crippen molar-refractivity contribution in [3.8, 4) is 0 Å². The lowest BCUT2D eigenvalue weighted by atomic mass is 9.68. The number of nitrogen functional groups attached to an aromatic ring is 1. The summed E-state index contributed by atoms with van der Waals surface area (Å²) >= 11 is 0. The molecule has 1 aliphatic carbocycles. The van der Waals surface area contributed by atoms with Gasteiger partial charge in [0, 0.05) is 20.1 Å². The minimum absolute atomic E-state index is 0.0930.